The first-order valence-electron chi connectivity index (χ1n) is 6.45. The molecule has 0 N–H and O–H groups in total. The fourth-order valence-electron chi connectivity index (χ4n) is 2.66. The average molecular weight is 279 g/mol. The second kappa shape index (κ2) is 4.36. The summed E-state index contributed by atoms with van der Waals surface area (Å²) in [7, 11) is 0. The van der Waals surface area contributed by atoms with Gasteiger partial charge in [-0.3, -0.25) is 4.98 Å². The molecule has 0 saturated heterocycles. The number of para-hydroxylation sites is 2. The lowest BCUT2D eigenvalue weighted by Crippen LogP contribution is -1.93. The highest BCUT2D eigenvalue weighted by Gasteiger charge is 2.12. The molecular weight excluding hydrogens is 268 g/mol. The van der Waals surface area contributed by atoms with Gasteiger partial charge in [0.15, 0.2) is 0 Å². The predicted octanol–water partition coefficient (Wildman–Crippen LogP) is 4.83. The molecule has 96 valence electrons. The van der Waals surface area contributed by atoms with Gasteiger partial charge in [-0.05, 0) is 24.3 Å². The van der Waals surface area contributed by atoms with E-state index in [2.05, 4.69) is 33.8 Å². The van der Waals surface area contributed by atoms with Crippen molar-refractivity contribution in [3.05, 3.63) is 71.9 Å². The summed E-state index contributed by atoms with van der Waals surface area (Å²) in [6.45, 7) is 0. The summed E-state index contributed by atoms with van der Waals surface area (Å²) >= 11 is 6.13. The molecule has 0 radical (unpaired) electrons. The first-order chi connectivity index (χ1) is 9.84. The number of hydrogen-bond acceptors (Lipinski definition) is 1. The third-order valence-corrected chi connectivity index (χ3v) is 3.70. The number of nitrogens with zero attached hydrogens (tertiary/aromatic N) is 2. The maximum atomic E-state index is 6.13. The van der Waals surface area contributed by atoms with Crippen LogP contribution in [0.1, 0.15) is 0 Å². The smallest absolute Gasteiger partial charge is 0.0964 e. The lowest BCUT2D eigenvalue weighted by Gasteiger charge is -2.06. The van der Waals surface area contributed by atoms with Crippen LogP contribution in [0.25, 0.3) is 27.6 Å². The van der Waals surface area contributed by atoms with Crippen LogP contribution in [0.5, 0.6) is 0 Å². The Kier molecular flexibility index (Phi) is 2.51. The van der Waals surface area contributed by atoms with Crippen molar-refractivity contribution in [1.82, 2.24) is 9.55 Å². The number of halogens is 1. The number of rotatable bonds is 1. The van der Waals surface area contributed by atoms with Crippen LogP contribution in [0.2, 0.25) is 5.02 Å². The van der Waals surface area contributed by atoms with Gasteiger partial charge in [-0.2, -0.15) is 0 Å². The molecule has 0 aliphatic heterocycles. The molecule has 0 aliphatic carbocycles. The quantitative estimate of drug-likeness (QED) is 0.487. The Bertz CT molecular complexity index is 910. The van der Waals surface area contributed by atoms with Crippen molar-refractivity contribution in [1.29, 1.82) is 0 Å². The summed E-state index contributed by atoms with van der Waals surface area (Å²) in [6, 6.07) is 20.5. The van der Waals surface area contributed by atoms with Crippen LogP contribution in [0.3, 0.4) is 0 Å². The van der Waals surface area contributed by atoms with E-state index in [1.54, 1.807) is 6.20 Å². The molecule has 0 saturated carbocycles. The van der Waals surface area contributed by atoms with E-state index in [4.69, 9.17) is 11.6 Å². The predicted molar refractivity (Wildman–Crippen MR) is 83.6 cm³/mol. The van der Waals surface area contributed by atoms with E-state index in [1.165, 1.54) is 0 Å². The number of pyridine rings is 1. The van der Waals surface area contributed by atoms with Gasteiger partial charge in [-0.15, -0.1) is 0 Å². The number of hydrogen-bond donors (Lipinski definition) is 0. The third-order valence-electron chi connectivity index (χ3n) is 3.49. The van der Waals surface area contributed by atoms with Crippen LogP contribution >= 0.6 is 11.6 Å². The average Bonchev–Trinajstić information content (AvgIpc) is 2.81. The van der Waals surface area contributed by atoms with Crippen LogP contribution in [0.4, 0.5) is 0 Å². The van der Waals surface area contributed by atoms with Crippen LogP contribution < -0.4 is 0 Å². The van der Waals surface area contributed by atoms with E-state index in [0.717, 1.165) is 27.6 Å². The molecule has 0 aliphatic rings. The molecule has 4 rings (SSSR count). The Labute approximate surface area is 121 Å². The number of aromatic nitrogens is 2. The van der Waals surface area contributed by atoms with E-state index < -0.39 is 0 Å². The molecule has 0 fully saturated rings. The second-order valence-electron chi connectivity index (χ2n) is 4.71. The molecule has 4 aromatic rings. The third kappa shape index (κ3) is 1.62. The van der Waals surface area contributed by atoms with Crippen LogP contribution in [0, 0.1) is 0 Å². The van der Waals surface area contributed by atoms with Gasteiger partial charge < -0.3 is 4.57 Å². The maximum Gasteiger partial charge on any atom is 0.0964 e. The van der Waals surface area contributed by atoms with Gasteiger partial charge in [0, 0.05) is 17.3 Å². The van der Waals surface area contributed by atoms with Crippen molar-refractivity contribution < 1.29 is 0 Å². The standard InChI is InChI=1S/C17H11ClN2/c18-12-10-16-17(19-11-12)14-8-4-5-9-15(14)20(16)13-6-2-1-3-7-13/h1-11H. The minimum atomic E-state index is 0.650. The van der Waals surface area contributed by atoms with Crippen molar-refractivity contribution in [3.63, 3.8) is 0 Å². The van der Waals surface area contributed by atoms with Gasteiger partial charge in [0.2, 0.25) is 0 Å². The van der Waals surface area contributed by atoms with Crippen LogP contribution in [-0.2, 0) is 0 Å². The largest absolute Gasteiger partial charge is 0.308 e. The van der Waals surface area contributed by atoms with Crippen molar-refractivity contribution in [2.45, 2.75) is 0 Å². The molecule has 2 nitrogen and oxygen atoms in total. The zero-order chi connectivity index (χ0) is 13.5. The van der Waals surface area contributed by atoms with E-state index in [1.807, 2.05) is 36.4 Å². The molecule has 3 heteroatoms. The first-order valence-corrected chi connectivity index (χ1v) is 6.82. The Hall–Kier alpha value is -2.32. The summed E-state index contributed by atoms with van der Waals surface area (Å²) in [5.74, 6) is 0. The summed E-state index contributed by atoms with van der Waals surface area (Å²) in [4.78, 5) is 4.50. The van der Waals surface area contributed by atoms with Crippen molar-refractivity contribution in [3.8, 4) is 5.69 Å². The lowest BCUT2D eigenvalue weighted by molar-refractivity contribution is 1.18. The van der Waals surface area contributed by atoms with Gasteiger partial charge in [0.25, 0.3) is 0 Å². The minimum absolute atomic E-state index is 0.650. The normalized spacial score (nSPS) is 11.2. The molecule has 20 heavy (non-hydrogen) atoms. The summed E-state index contributed by atoms with van der Waals surface area (Å²) in [5.41, 5.74) is 4.27. The van der Waals surface area contributed by atoms with E-state index >= 15 is 0 Å². The molecule has 2 aromatic heterocycles. The van der Waals surface area contributed by atoms with Gasteiger partial charge in [-0.1, -0.05) is 48.0 Å². The molecule has 2 aromatic carbocycles. The molecule has 0 unspecified atom stereocenters. The van der Waals surface area contributed by atoms with Crippen LogP contribution in [0.15, 0.2) is 66.9 Å². The van der Waals surface area contributed by atoms with Crippen molar-refractivity contribution in [2.75, 3.05) is 0 Å². The molecule has 0 spiro atoms. The number of fused-ring (bicyclic) bond motifs is 3. The summed E-state index contributed by atoms with van der Waals surface area (Å²) in [6.07, 6.45) is 1.70. The van der Waals surface area contributed by atoms with Crippen molar-refractivity contribution in [2.24, 2.45) is 0 Å². The van der Waals surface area contributed by atoms with Gasteiger partial charge in [0.05, 0.1) is 21.6 Å². The summed E-state index contributed by atoms with van der Waals surface area (Å²) < 4.78 is 2.20. The van der Waals surface area contributed by atoms with E-state index in [-0.39, 0.29) is 0 Å². The molecular formula is C17H11ClN2. The topological polar surface area (TPSA) is 17.8 Å². The summed E-state index contributed by atoms with van der Waals surface area (Å²) in [5, 5.41) is 1.79. The zero-order valence-electron chi connectivity index (χ0n) is 10.6. The highest BCUT2D eigenvalue weighted by atomic mass is 35.5. The van der Waals surface area contributed by atoms with Crippen molar-refractivity contribution >= 4 is 33.5 Å². The molecule has 0 amide bonds. The highest BCUT2D eigenvalue weighted by Crippen LogP contribution is 2.31. The lowest BCUT2D eigenvalue weighted by atomic mass is 10.2. The molecule has 2 heterocycles. The van der Waals surface area contributed by atoms with Gasteiger partial charge in [0.1, 0.15) is 0 Å². The zero-order valence-corrected chi connectivity index (χ0v) is 11.4. The van der Waals surface area contributed by atoms with E-state index in [0.29, 0.717) is 5.02 Å². The molecule has 0 atom stereocenters. The molecule has 0 bridgehead atoms. The second-order valence-corrected chi connectivity index (χ2v) is 5.15. The number of benzene rings is 2. The van der Waals surface area contributed by atoms with Gasteiger partial charge >= 0.3 is 0 Å². The Morgan fingerprint density at radius 1 is 0.850 bits per heavy atom. The minimum Gasteiger partial charge on any atom is -0.308 e. The highest BCUT2D eigenvalue weighted by molar-refractivity contribution is 6.31. The van der Waals surface area contributed by atoms with E-state index in [9.17, 15) is 0 Å². The van der Waals surface area contributed by atoms with Crippen LogP contribution in [-0.4, -0.2) is 9.55 Å². The fraction of sp³-hybridized carbons (Fsp3) is 0. The monoisotopic (exact) mass is 278 g/mol. The maximum absolute atomic E-state index is 6.13. The Morgan fingerprint density at radius 3 is 2.45 bits per heavy atom. The SMILES string of the molecule is Clc1cnc2c3ccccc3n(-c3ccccc3)c2c1. The van der Waals surface area contributed by atoms with Gasteiger partial charge in [-0.25, -0.2) is 0 Å². The first kappa shape index (κ1) is 11.5. The Morgan fingerprint density at radius 2 is 1.60 bits per heavy atom. The Balaban J connectivity index is 2.23. The fourth-order valence-corrected chi connectivity index (χ4v) is 2.81.